The van der Waals surface area contributed by atoms with Gasteiger partial charge in [0.15, 0.2) is 25.1 Å². The summed E-state index contributed by atoms with van der Waals surface area (Å²) in [6.07, 6.45) is 9.23. The SMILES string of the molecule is C=Cc1c2[nH]c(c1C)/C=C1\N/C(=C3\c4[nH]c(c(C)c4C(=O)[C@@H]3C3O[O+]3C)/C=c3\[nH]/c(c(C=O)c3CC)=C\2)[C@@H](CCC(=O)O)[C@@H]1C. The molecule has 1 unspecified atom stereocenters. The predicted octanol–water partition coefficient (Wildman–Crippen LogP) is 4.02. The highest BCUT2D eigenvalue weighted by Crippen LogP contribution is 2.52. The van der Waals surface area contributed by atoms with Gasteiger partial charge in [-0.05, 0) is 66.5 Å². The van der Waals surface area contributed by atoms with Gasteiger partial charge in [-0.25, -0.2) is 4.52 Å². The maximum Gasteiger partial charge on any atom is 0.384 e. The Kier molecular flexibility index (Phi) is 6.75. The minimum atomic E-state index is -0.863. The van der Waals surface area contributed by atoms with E-state index in [1.54, 1.807) is 7.11 Å². The first-order valence-corrected chi connectivity index (χ1v) is 15.4. The van der Waals surface area contributed by atoms with Crippen molar-refractivity contribution in [1.82, 2.24) is 20.3 Å². The molecule has 0 aromatic carbocycles. The fourth-order valence-corrected chi connectivity index (χ4v) is 7.55. The topological polar surface area (TPSA) is 146 Å². The van der Waals surface area contributed by atoms with Gasteiger partial charge in [-0.3, -0.25) is 14.4 Å². The number of Topliss-reactive ketones (excluding diaryl/α,β-unsaturated/α-hetero) is 1. The van der Waals surface area contributed by atoms with Crippen molar-refractivity contribution in [3.8, 4) is 0 Å². The molecule has 1 aliphatic carbocycles. The van der Waals surface area contributed by atoms with E-state index in [0.717, 1.165) is 73.6 Å². The van der Waals surface area contributed by atoms with E-state index >= 15 is 0 Å². The summed E-state index contributed by atoms with van der Waals surface area (Å²) in [5.41, 5.74) is 10.6. The number of hydrogen-bond acceptors (Lipinski definition) is 5. The minimum absolute atomic E-state index is 0.00136. The Hall–Kier alpha value is -4.67. The molecule has 10 nitrogen and oxygen atoms in total. The fourth-order valence-electron chi connectivity index (χ4n) is 7.55. The highest BCUT2D eigenvalue weighted by Gasteiger charge is 2.62. The zero-order valence-corrected chi connectivity index (χ0v) is 26.0. The van der Waals surface area contributed by atoms with Gasteiger partial charge in [0.1, 0.15) is 0 Å². The van der Waals surface area contributed by atoms with Gasteiger partial charge in [0.05, 0.1) is 11.0 Å². The van der Waals surface area contributed by atoms with Crippen LogP contribution in [0.4, 0.5) is 0 Å². The molecule has 45 heavy (non-hydrogen) atoms. The second-order valence-corrected chi connectivity index (χ2v) is 12.4. The number of nitrogens with one attached hydrogen (secondary N) is 4. The summed E-state index contributed by atoms with van der Waals surface area (Å²) < 4.78 is 2.56. The van der Waals surface area contributed by atoms with Gasteiger partial charge in [-0.15, -0.1) is 0 Å². The lowest BCUT2D eigenvalue weighted by Crippen LogP contribution is -2.22. The van der Waals surface area contributed by atoms with Crippen LogP contribution in [-0.4, -0.2) is 51.5 Å². The predicted molar refractivity (Wildman–Crippen MR) is 170 cm³/mol. The number of fused-ring (bicyclic) bond motifs is 7. The van der Waals surface area contributed by atoms with Gasteiger partial charge in [0.2, 0.25) is 0 Å². The Morgan fingerprint density at radius 3 is 2.42 bits per heavy atom. The van der Waals surface area contributed by atoms with Gasteiger partial charge < -0.3 is 25.4 Å². The monoisotopic (exact) mass is 609 g/mol. The van der Waals surface area contributed by atoms with E-state index in [1.807, 2.05) is 39.0 Å². The molecule has 3 aromatic rings. The molecular weight excluding hydrogens is 572 g/mol. The number of aromatic amines is 3. The standard InChI is InChI=1S/C35H36N4O6/c1-7-18-15(3)22-11-23-16(4)20(9-10-28(41)42)32(38-23)30-31(35-44-45(35)6)34(43)29-17(5)24(39-33(29)30)12-26-19(8-2)21(14-40)27(37-26)13-25(18)36-22/h7,11-14,16,20,31,35-37H,1,8-10H2,2-6H3,(H2-,38,39,40,41,42,43)/p+1/b23-11-,27-13-/t16-,20-,31+,35?/m0/s1. The van der Waals surface area contributed by atoms with E-state index in [4.69, 9.17) is 4.89 Å². The summed E-state index contributed by atoms with van der Waals surface area (Å²) in [5, 5.41) is 14.8. The molecule has 6 heterocycles. The van der Waals surface area contributed by atoms with Crippen molar-refractivity contribution in [3.63, 3.8) is 0 Å². The van der Waals surface area contributed by atoms with Gasteiger partial charge in [-0.1, -0.05) is 26.5 Å². The molecule has 5 N–H and O–H groups in total. The molecule has 0 radical (unpaired) electrons. The summed E-state index contributed by atoms with van der Waals surface area (Å²) in [6.45, 7) is 12.1. The Morgan fingerprint density at radius 1 is 1.07 bits per heavy atom. The number of carbonyl (C=O) groups is 3. The normalized spacial score (nSPS) is 27.7. The maximum absolute atomic E-state index is 14.2. The molecule has 0 amide bonds. The van der Waals surface area contributed by atoms with Gasteiger partial charge in [0.25, 0.3) is 0 Å². The molecular formula is C35H37N4O6+. The summed E-state index contributed by atoms with van der Waals surface area (Å²) in [7, 11) is 1.73. The molecule has 10 heteroatoms. The van der Waals surface area contributed by atoms with Crippen LogP contribution in [0.5, 0.6) is 0 Å². The van der Waals surface area contributed by atoms with E-state index in [0.29, 0.717) is 29.3 Å². The molecule has 0 saturated carbocycles. The quantitative estimate of drug-likeness (QED) is 0.118. The lowest BCUT2D eigenvalue weighted by atomic mass is 9.85. The number of H-pyrrole nitrogens is 3. The van der Waals surface area contributed by atoms with E-state index in [-0.39, 0.29) is 24.0 Å². The Bertz CT molecular complexity index is 2020. The second kappa shape index (κ2) is 10.5. The number of ketones is 1. The maximum atomic E-state index is 14.2. The summed E-state index contributed by atoms with van der Waals surface area (Å²) >= 11 is 0. The lowest BCUT2D eigenvalue weighted by molar-refractivity contribution is -0.137. The Morgan fingerprint density at radius 2 is 1.78 bits per heavy atom. The first-order valence-electron chi connectivity index (χ1n) is 15.4. The molecule has 232 valence electrons. The van der Waals surface area contributed by atoms with Crippen molar-refractivity contribution in [2.24, 2.45) is 17.8 Å². The molecule has 7 rings (SSSR count). The van der Waals surface area contributed by atoms with Crippen LogP contribution in [0.2, 0.25) is 0 Å². The molecule has 3 aromatic heterocycles. The third-order valence-electron chi connectivity index (χ3n) is 10.0. The van der Waals surface area contributed by atoms with Gasteiger partial charge >= 0.3 is 12.3 Å². The summed E-state index contributed by atoms with van der Waals surface area (Å²) in [5.74, 6) is -1.73. The van der Waals surface area contributed by atoms with Crippen molar-refractivity contribution in [1.29, 1.82) is 0 Å². The average molecular weight is 610 g/mol. The molecule has 0 spiro atoms. The number of aldehydes is 1. The molecule has 2 fully saturated rings. The number of carboxylic acids is 1. The van der Waals surface area contributed by atoms with E-state index in [1.165, 1.54) is 0 Å². The summed E-state index contributed by atoms with van der Waals surface area (Å²) in [6, 6.07) is 0. The second-order valence-electron chi connectivity index (χ2n) is 12.4. The molecule has 4 aliphatic rings. The molecule has 8 bridgehead atoms. The Balaban J connectivity index is 1.58. The number of carboxylic acid groups (broad SMARTS) is 1. The average Bonchev–Trinajstić information content (AvgIpc) is 3.28. The van der Waals surface area contributed by atoms with Crippen LogP contribution in [0.3, 0.4) is 0 Å². The molecule has 3 aliphatic heterocycles. The third kappa shape index (κ3) is 4.34. The Labute approximate surface area is 259 Å². The smallest absolute Gasteiger partial charge is 0.384 e. The van der Waals surface area contributed by atoms with Crippen LogP contribution in [0, 0.1) is 31.6 Å². The first-order chi connectivity index (χ1) is 21.6. The van der Waals surface area contributed by atoms with Crippen LogP contribution < -0.4 is 16.0 Å². The van der Waals surface area contributed by atoms with Crippen molar-refractivity contribution in [2.75, 3.05) is 7.11 Å². The van der Waals surface area contributed by atoms with Crippen LogP contribution in [0.1, 0.15) is 92.4 Å². The summed E-state index contributed by atoms with van der Waals surface area (Å²) in [4.78, 5) is 54.7. The van der Waals surface area contributed by atoms with Crippen molar-refractivity contribution >= 4 is 47.9 Å². The van der Waals surface area contributed by atoms with Crippen molar-refractivity contribution in [2.45, 2.75) is 53.2 Å². The van der Waals surface area contributed by atoms with Crippen LogP contribution in [-0.2, 0) is 20.6 Å². The van der Waals surface area contributed by atoms with E-state index in [2.05, 4.69) is 44.4 Å². The number of allylic oxidation sites excluding steroid dienone is 2. The number of rotatable bonds is 7. The molecule has 2 saturated heterocycles. The van der Waals surface area contributed by atoms with E-state index in [9.17, 15) is 19.5 Å². The zero-order chi connectivity index (χ0) is 31.9. The van der Waals surface area contributed by atoms with Crippen LogP contribution in [0.15, 0.2) is 18.0 Å². The number of carbonyl (C=O) groups excluding carboxylic acids is 2. The van der Waals surface area contributed by atoms with E-state index < -0.39 is 18.2 Å². The third-order valence-corrected chi connectivity index (χ3v) is 10.0. The van der Waals surface area contributed by atoms with Crippen molar-refractivity contribution in [3.05, 3.63) is 84.8 Å². The zero-order valence-electron chi connectivity index (χ0n) is 26.0. The fraction of sp³-hybridized carbons (Fsp3) is 0.343. The number of hydrogen-bond donors (Lipinski definition) is 5. The number of aromatic nitrogens is 3. The highest BCUT2D eigenvalue weighted by atomic mass is 17.5. The highest BCUT2D eigenvalue weighted by molar-refractivity contribution is 6.16. The largest absolute Gasteiger partial charge is 0.481 e. The van der Waals surface area contributed by atoms with Gasteiger partial charge in [-0.2, -0.15) is 0 Å². The lowest BCUT2D eigenvalue weighted by Gasteiger charge is -2.18. The van der Waals surface area contributed by atoms with Crippen molar-refractivity contribution < 1.29 is 28.9 Å². The minimum Gasteiger partial charge on any atom is -0.481 e. The van der Waals surface area contributed by atoms with Crippen LogP contribution >= 0.6 is 0 Å². The van der Waals surface area contributed by atoms with Crippen LogP contribution in [0.25, 0.3) is 29.9 Å². The molecule has 4 atom stereocenters. The van der Waals surface area contributed by atoms with Gasteiger partial charge in [0, 0.05) is 74.3 Å². The first kappa shape index (κ1) is 29.1. The number of aliphatic carboxylic acids is 1.